The van der Waals surface area contributed by atoms with Gasteiger partial charge in [0.05, 0.1) is 12.2 Å². The van der Waals surface area contributed by atoms with Gasteiger partial charge >= 0.3 is 0 Å². The summed E-state index contributed by atoms with van der Waals surface area (Å²) in [6.07, 6.45) is 0. The Morgan fingerprint density at radius 2 is 2.10 bits per heavy atom. The van der Waals surface area contributed by atoms with Crippen LogP contribution in [0.25, 0.3) is 0 Å². The molecule has 0 amide bonds. The number of aromatic nitrogens is 4. The van der Waals surface area contributed by atoms with Gasteiger partial charge in [0.2, 0.25) is 5.13 Å². The normalized spacial score (nSPS) is 10.8. The van der Waals surface area contributed by atoms with Crippen LogP contribution in [0, 0.1) is 13.8 Å². The Balaban J connectivity index is 1.73. The van der Waals surface area contributed by atoms with E-state index in [1.165, 1.54) is 11.3 Å². The van der Waals surface area contributed by atoms with Crippen LogP contribution in [0.1, 0.15) is 16.4 Å². The van der Waals surface area contributed by atoms with Crippen molar-refractivity contribution < 1.29 is 0 Å². The zero-order chi connectivity index (χ0) is 14.8. The number of benzene rings is 1. The average Bonchev–Trinajstić information content (AvgIpc) is 2.97. The lowest BCUT2D eigenvalue weighted by atomic mass is 10.3. The molecular formula is C14H14ClN5S. The summed E-state index contributed by atoms with van der Waals surface area (Å²) in [6, 6.07) is 9.56. The fraction of sp³-hybridized carbons (Fsp3) is 0.214. The number of anilines is 2. The second-order valence-corrected chi connectivity index (χ2v) is 6.22. The lowest BCUT2D eigenvalue weighted by molar-refractivity contribution is 0.651. The molecular weight excluding hydrogens is 306 g/mol. The lowest BCUT2D eigenvalue weighted by Crippen LogP contribution is -2.03. The van der Waals surface area contributed by atoms with Crippen LogP contribution in [0.4, 0.5) is 10.8 Å². The third kappa shape index (κ3) is 3.40. The minimum Gasteiger partial charge on any atom is -0.330 e. The molecule has 2 aromatic heterocycles. The fourth-order valence-corrected chi connectivity index (χ4v) is 2.95. The summed E-state index contributed by atoms with van der Waals surface area (Å²) in [4.78, 5) is 0. The van der Waals surface area contributed by atoms with E-state index in [0.29, 0.717) is 11.6 Å². The van der Waals surface area contributed by atoms with Crippen molar-refractivity contribution in [1.29, 1.82) is 0 Å². The van der Waals surface area contributed by atoms with Crippen molar-refractivity contribution in [1.82, 2.24) is 20.0 Å². The number of nitrogens with one attached hydrogen (secondary N) is 1. The van der Waals surface area contributed by atoms with Crippen molar-refractivity contribution >= 4 is 33.8 Å². The zero-order valence-electron chi connectivity index (χ0n) is 11.7. The third-order valence-electron chi connectivity index (χ3n) is 2.93. The summed E-state index contributed by atoms with van der Waals surface area (Å²) in [7, 11) is 0. The van der Waals surface area contributed by atoms with Gasteiger partial charge in [0.25, 0.3) is 0 Å². The molecule has 0 saturated carbocycles. The Bertz CT molecular complexity index is 764. The van der Waals surface area contributed by atoms with Gasteiger partial charge in [-0.1, -0.05) is 29.0 Å². The van der Waals surface area contributed by atoms with E-state index in [2.05, 4.69) is 20.6 Å². The van der Waals surface area contributed by atoms with Gasteiger partial charge in [-0.05, 0) is 38.1 Å². The summed E-state index contributed by atoms with van der Waals surface area (Å²) < 4.78 is 1.93. The lowest BCUT2D eigenvalue weighted by Gasteiger charge is -2.01. The molecule has 1 aromatic carbocycles. The smallest absolute Gasteiger partial charge is 0.210 e. The van der Waals surface area contributed by atoms with E-state index >= 15 is 0 Å². The van der Waals surface area contributed by atoms with Crippen LogP contribution in [-0.2, 0) is 6.54 Å². The molecule has 0 radical (unpaired) electrons. The van der Waals surface area contributed by atoms with Gasteiger partial charge in [0.1, 0.15) is 5.01 Å². The number of hydrogen-bond acceptors (Lipinski definition) is 5. The van der Waals surface area contributed by atoms with Crippen LogP contribution in [-0.4, -0.2) is 20.0 Å². The first-order chi connectivity index (χ1) is 10.1. The maximum atomic E-state index is 5.96. The fourth-order valence-electron chi connectivity index (χ4n) is 2.02. The highest BCUT2D eigenvalue weighted by Gasteiger charge is 2.08. The highest BCUT2D eigenvalue weighted by molar-refractivity contribution is 7.15. The minimum atomic E-state index is 0.633. The first-order valence-electron chi connectivity index (χ1n) is 6.46. The molecule has 0 aliphatic heterocycles. The van der Waals surface area contributed by atoms with Gasteiger partial charge in [-0.15, -0.1) is 10.2 Å². The van der Waals surface area contributed by atoms with E-state index in [1.807, 2.05) is 48.9 Å². The van der Waals surface area contributed by atoms with Crippen molar-refractivity contribution in [2.24, 2.45) is 0 Å². The number of aryl methyl sites for hydroxylation is 2. The topological polar surface area (TPSA) is 55.6 Å². The zero-order valence-corrected chi connectivity index (χ0v) is 13.2. The number of halogens is 1. The molecule has 0 unspecified atom stereocenters. The molecule has 21 heavy (non-hydrogen) atoms. The quantitative estimate of drug-likeness (QED) is 0.794. The van der Waals surface area contributed by atoms with Gasteiger partial charge in [-0.2, -0.15) is 5.10 Å². The average molecular weight is 320 g/mol. The predicted octanol–water partition coefficient (Wildman–Crippen LogP) is 3.80. The molecule has 5 nitrogen and oxygen atoms in total. The summed E-state index contributed by atoms with van der Waals surface area (Å²) in [5.74, 6) is 0. The summed E-state index contributed by atoms with van der Waals surface area (Å²) >= 11 is 7.47. The van der Waals surface area contributed by atoms with Crippen molar-refractivity contribution in [3.63, 3.8) is 0 Å². The summed E-state index contributed by atoms with van der Waals surface area (Å²) in [5.41, 5.74) is 3.03. The van der Waals surface area contributed by atoms with Crippen LogP contribution in [0.5, 0.6) is 0 Å². The molecule has 0 bridgehead atoms. The number of rotatable bonds is 4. The Morgan fingerprint density at radius 3 is 2.81 bits per heavy atom. The standard InChI is InChI=1S/C14H14ClN5S/c1-9-6-10(2)20(19-9)8-13-17-18-14(21-13)16-12-5-3-4-11(15)7-12/h3-7H,8H2,1-2H3,(H,16,18). The molecule has 7 heteroatoms. The van der Waals surface area contributed by atoms with Gasteiger partial charge in [0, 0.05) is 16.4 Å². The summed E-state index contributed by atoms with van der Waals surface area (Å²) in [5, 5.41) is 18.3. The van der Waals surface area contributed by atoms with Gasteiger partial charge in [-0.25, -0.2) is 0 Å². The van der Waals surface area contributed by atoms with E-state index in [1.54, 1.807) is 0 Å². The second kappa shape index (κ2) is 5.83. The van der Waals surface area contributed by atoms with E-state index < -0.39 is 0 Å². The number of nitrogens with zero attached hydrogens (tertiary/aromatic N) is 4. The maximum absolute atomic E-state index is 5.96. The molecule has 0 aliphatic rings. The highest BCUT2D eigenvalue weighted by Crippen LogP contribution is 2.23. The van der Waals surface area contributed by atoms with Crippen LogP contribution in [0.3, 0.4) is 0 Å². The van der Waals surface area contributed by atoms with Crippen molar-refractivity contribution in [3.05, 3.63) is 51.7 Å². The first-order valence-corrected chi connectivity index (χ1v) is 7.65. The second-order valence-electron chi connectivity index (χ2n) is 4.72. The van der Waals surface area contributed by atoms with E-state index in [-0.39, 0.29) is 0 Å². The van der Waals surface area contributed by atoms with Crippen LogP contribution in [0.15, 0.2) is 30.3 Å². The molecule has 0 saturated heterocycles. The molecule has 3 rings (SSSR count). The molecule has 3 aromatic rings. The monoisotopic (exact) mass is 319 g/mol. The molecule has 0 fully saturated rings. The van der Waals surface area contributed by atoms with Crippen molar-refractivity contribution in [2.45, 2.75) is 20.4 Å². The van der Waals surface area contributed by atoms with E-state index in [4.69, 9.17) is 11.6 Å². The Labute approximate surface area is 131 Å². The van der Waals surface area contributed by atoms with Gasteiger partial charge in [-0.3, -0.25) is 4.68 Å². The largest absolute Gasteiger partial charge is 0.330 e. The van der Waals surface area contributed by atoms with Crippen molar-refractivity contribution in [3.8, 4) is 0 Å². The van der Waals surface area contributed by atoms with Crippen LogP contribution >= 0.6 is 22.9 Å². The first kappa shape index (κ1) is 14.0. The molecule has 0 aliphatic carbocycles. The molecule has 2 heterocycles. The SMILES string of the molecule is Cc1cc(C)n(Cc2nnc(Nc3cccc(Cl)c3)s2)n1. The molecule has 0 atom stereocenters. The van der Waals surface area contributed by atoms with E-state index in [0.717, 1.165) is 27.2 Å². The number of hydrogen-bond donors (Lipinski definition) is 1. The predicted molar refractivity (Wildman–Crippen MR) is 85.4 cm³/mol. The maximum Gasteiger partial charge on any atom is 0.210 e. The molecule has 0 spiro atoms. The molecule has 108 valence electrons. The Morgan fingerprint density at radius 1 is 1.24 bits per heavy atom. The summed E-state index contributed by atoms with van der Waals surface area (Å²) in [6.45, 7) is 4.65. The van der Waals surface area contributed by atoms with Gasteiger partial charge < -0.3 is 5.32 Å². The van der Waals surface area contributed by atoms with Crippen LogP contribution < -0.4 is 5.32 Å². The third-order valence-corrected chi connectivity index (χ3v) is 3.99. The van der Waals surface area contributed by atoms with Crippen LogP contribution in [0.2, 0.25) is 5.02 Å². The Hall–Kier alpha value is -1.92. The van der Waals surface area contributed by atoms with Crippen molar-refractivity contribution in [2.75, 3.05) is 5.32 Å². The highest BCUT2D eigenvalue weighted by atomic mass is 35.5. The minimum absolute atomic E-state index is 0.633. The Kier molecular flexibility index (Phi) is 3.90. The van der Waals surface area contributed by atoms with Gasteiger partial charge in [0.15, 0.2) is 0 Å². The van der Waals surface area contributed by atoms with E-state index in [9.17, 15) is 0 Å². The molecule has 1 N–H and O–H groups in total.